The first-order valence-electron chi connectivity index (χ1n) is 9.63. The van der Waals surface area contributed by atoms with Crippen LogP contribution in [0.1, 0.15) is 37.3 Å². The van der Waals surface area contributed by atoms with Crippen molar-refractivity contribution in [2.45, 2.75) is 45.0 Å². The van der Waals surface area contributed by atoms with Gasteiger partial charge < -0.3 is 19.3 Å². The molecule has 1 N–H and O–H groups in total. The largest absolute Gasteiger partial charge is 0.573 e. The summed E-state index contributed by atoms with van der Waals surface area (Å²) in [5, 5.41) is 11.5. The highest BCUT2D eigenvalue weighted by atomic mass is 32.1. The van der Waals surface area contributed by atoms with E-state index in [9.17, 15) is 31.4 Å². The Morgan fingerprint density at radius 3 is 2.27 bits per heavy atom. The van der Waals surface area contributed by atoms with Crippen LogP contribution in [0.3, 0.4) is 0 Å². The fourth-order valence-electron chi connectivity index (χ4n) is 3.24. The molecule has 0 spiro atoms. The van der Waals surface area contributed by atoms with Crippen LogP contribution in [0, 0.1) is 0 Å². The number of alkyl halides is 6. The summed E-state index contributed by atoms with van der Waals surface area (Å²) >= 11 is 0.556. The predicted octanol–water partition coefficient (Wildman–Crippen LogP) is 5.92. The number of rotatable bonds is 8. The molecule has 180 valence electrons. The van der Waals surface area contributed by atoms with Crippen LogP contribution in [0.25, 0.3) is 10.2 Å². The van der Waals surface area contributed by atoms with E-state index >= 15 is 0 Å². The highest BCUT2D eigenvalue weighted by Gasteiger charge is 2.41. The second kappa shape index (κ2) is 9.21. The molecule has 0 aliphatic carbocycles. The molecule has 3 rings (SSSR count). The molecule has 1 unspecified atom stereocenters. The summed E-state index contributed by atoms with van der Waals surface area (Å²) in [6.45, 7) is 3.76. The number of benzene rings is 1. The Labute approximate surface area is 187 Å². The quantitative estimate of drug-likeness (QED) is 0.390. The Morgan fingerprint density at radius 1 is 0.970 bits per heavy atom. The van der Waals surface area contributed by atoms with Crippen molar-refractivity contribution in [2.75, 3.05) is 6.61 Å². The smallest absolute Gasteiger partial charge is 0.493 e. The molecule has 1 atom stereocenters. The van der Waals surface area contributed by atoms with Gasteiger partial charge in [0.25, 0.3) is 0 Å². The number of hydrogen-bond acceptors (Lipinski definition) is 7. The number of aliphatic hydroxyl groups is 1. The summed E-state index contributed by atoms with van der Waals surface area (Å²) < 4.78 is 90.0. The Kier molecular flexibility index (Phi) is 6.93. The van der Waals surface area contributed by atoms with Crippen LogP contribution in [0.15, 0.2) is 30.6 Å². The Balaban J connectivity index is 2.23. The van der Waals surface area contributed by atoms with Gasteiger partial charge in [-0.3, -0.25) is 4.98 Å². The summed E-state index contributed by atoms with van der Waals surface area (Å²) in [6, 6.07) is 3.24. The second-order valence-corrected chi connectivity index (χ2v) is 7.77. The Hall–Kier alpha value is -2.80. The highest BCUT2D eigenvalue weighted by molar-refractivity contribution is 7.19. The molecule has 6 nitrogen and oxygen atoms in total. The molecule has 0 radical (unpaired) electrons. The maximum Gasteiger partial charge on any atom is 0.573 e. The lowest BCUT2D eigenvalue weighted by molar-refractivity contribution is -0.286. The number of halogens is 6. The molecule has 33 heavy (non-hydrogen) atoms. The molecule has 0 aliphatic rings. The third kappa shape index (κ3) is 5.58. The van der Waals surface area contributed by atoms with Gasteiger partial charge in [0.1, 0.15) is 21.1 Å². The zero-order valence-electron chi connectivity index (χ0n) is 17.3. The Morgan fingerprint density at radius 2 is 1.67 bits per heavy atom. The van der Waals surface area contributed by atoms with Gasteiger partial charge in [0.2, 0.25) is 0 Å². The molecule has 0 aliphatic heterocycles. The maximum absolute atomic E-state index is 13.0. The second-order valence-electron chi connectivity index (χ2n) is 6.77. The number of pyridine rings is 1. The SMILES string of the molecule is CCCC(O)(c1nc2ccc(OC(F)(F)F)c(OC(F)(F)F)c2s1)c1cnccc1OCC. The summed E-state index contributed by atoms with van der Waals surface area (Å²) in [5.74, 6) is -2.09. The van der Waals surface area contributed by atoms with Crippen molar-refractivity contribution in [1.29, 1.82) is 0 Å². The van der Waals surface area contributed by atoms with E-state index in [-0.39, 0.29) is 39.6 Å². The van der Waals surface area contributed by atoms with Crippen LogP contribution in [-0.2, 0) is 5.60 Å². The van der Waals surface area contributed by atoms with Crippen LogP contribution in [-0.4, -0.2) is 34.4 Å². The van der Waals surface area contributed by atoms with Gasteiger partial charge in [0, 0.05) is 12.4 Å². The molecule has 0 amide bonds. The summed E-state index contributed by atoms with van der Waals surface area (Å²) in [7, 11) is 0. The molecule has 1 aromatic carbocycles. The molecule has 2 aromatic heterocycles. The lowest BCUT2D eigenvalue weighted by atomic mass is 9.90. The molecular weight excluding hydrogens is 478 g/mol. The number of nitrogens with zero attached hydrogens (tertiary/aromatic N) is 2. The van der Waals surface area contributed by atoms with E-state index in [0.29, 0.717) is 23.8 Å². The van der Waals surface area contributed by atoms with E-state index in [1.165, 1.54) is 18.5 Å². The standard InChI is InChI=1S/C20H18F6N2O4S/c1-3-8-18(29,11-10-27-9-7-13(11)30-4-2)17-28-12-5-6-14(31-19(21,22)23)15(16(12)33-17)32-20(24,25)26/h5-7,9-10,29H,3-4,8H2,1-2H3. The van der Waals surface area contributed by atoms with Crippen molar-refractivity contribution in [2.24, 2.45) is 0 Å². The van der Waals surface area contributed by atoms with Gasteiger partial charge in [-0.05, 0) is 31.5 Å². The summed E-state index contributed by atoms with van der Waals surface area (Å²) in [6.07, 6.45) is -7.25. The topological polar surface area (TPSA) is 73.7 Å². The van der Waals surface area contributed by atoms with Gasteiger partial charge in [-0.2, -0.15) is 0 Å². The van der Waals surface area contributed by atoms with Gasteiger partial charge in [-0.15, -0.1) is 37.7 Å². The maximum atomic E-state index is 13.0. The molecule has 0 saturated carbocycles. The predicted molar refractivity (Wildman–Crippen MR) is 106 cm³/mol. The molecular formula is C20H18F6N2O4S. The molecule has 0 saturated heterocycles. The zero-order valence-corrected chi connectivity index (χ0v) is 18.1. The molecule has 3 aromatic rings. The van der Waals surface area contributed by atoms with Crippen LogP contribution in [0.4, 0.5) is 26.3 Å². The number of hydrogen-bond donors (Lipinski definition) is 1. The first kappa shape index (κ1) is 24.8. The zero-order chi connectivity index (χ0) is 24.4. The minimum absolute atomic E-state index is 0.0653. The van der Waals surface area contributed by atoms with Crippen LogP contribution in [0.2, 0.25) is 0 Å². The van der Waals surface area contributed by atoms with Crippen molar-refractivity contribution in [1.82, 2.24) is 9.97 Å². The van der Waals surface area contributed by atoms with Crippen LogP contribution < -0.4 is 14.2 Å². The monoisotopic (exact) mass is 496 g/mol. The lowest BCUT2D eigenvalue weighted by Gasteiger charge is -2.27. The minimum Gasteiger partial charge on any atom is -0.493 e. The van der Waals surface area contributed by atoms with E-state index in [2.05, 4.69) is 19.4 Å². The summed E-state index contributed by atoms with van der Waals surface area (Å²) in [4.78, 5) is 8.20. The van der Waals surface area contributed by atoms with Crippen LogP contribution >= 0.6 is 11.3 Å². The van der Waals surface area contributed by atoms with E-state index < -0.39 is 29.8 Å². The molecule has 0 fully saturated rings. The number of ether oxygens (including phenoxy) is 3. The molecule has 0 bridgehead atoms. The third-order valence-corrected chi connectivity index (χ3v) is 5.63. The highest BCUT2D eigenvalue weighted by Crippen LogP contribution is 2.47. The normalized spacial score (nSPS) is 14.2. The van der Waals surface area contributed by atoms with E-state index in [0.717, 1.165) is 6.07 Å². The first-order chi connectivity index (χ1) is 15.4. The van der Waals surface area contributed by atoms with E-state index in [1.54, 1.807) is 13.8 Å². The van der Waals surface area contributed by atoms with Gasteiger partial charge >= 0.3 is 12.7 Å². The third-order valence-electron chi connectivity index (χ3n) is 4.41. The fraction of sp³-hybridized carbons (Fsp3) is 0.400. The number of thiazole rings is 1. The minimum atomic E-state index is -5.30. The van der Waals surface area contributed by atoms with Crippen molar-refractivity contribution < 1.29 is 45.7 Å². The van der Waals surface area contributed by atoms with Crippen molar-refractivity contribution in [3.63, 3.8) is 0 Å². The van der Waals surface area contributed by atoms with Gasteiger partial charge in [0.15, 0.2) is 11.5 Å². The first-order valence-corrected chi connectivity index (χ1v) is 10.4. The average Bonchev–Trinajstić information content (AvgIpc) is 3.14. The molecule has 2 heterocycles. The van der Waals surface area contributed by atoms with Crippen molar-refractivity contribution in [3.05, 3.63) is 41.2 Å². The molecule has 13 heteroatoms. The van der Waals surface area contributed by atoms with Crippen LogP contribution in [0.5, 0.6) is 17.2 Å². The fourth-order valence-corrected chi connectivity index (χ4v) is 4.41. The van der Waals surface area contributed by atoms with Crippen molar-refractivity contribution >= 4 is 21.6 Å². The average molecular weight is 496 g/mol. The van der Waals surface area contributed by atoms with Gasteiger partial charge in [0.05, 0.1) is 17.7 Å². The lowest BCUT2D eigenvalue weighted by Crippen LogP contribution is -2.28. The number of fused-ring (bicyclic) bond motifs is 1. The van der Waals surface area contributed by atoms with Gasteiger partial charge in [-0.1, -0.05) is 13.3 Å². The van der Waals surface area contributed by atoms with E-state index in [4.69, 9.17) is 4.74 Å². The number of aromatic nitrogens is 2. The summed E-state index contributed by atoms with van der Waals surface area (Å²) in [5.41, 5.74) is -1.73. The Bertz CT molecular complexity index is 1120. The van der Waals surface area contributed by atoms with Gasteiger partial charge in [-0.25, -0.2) is 4.98 Å². The van der Waals surface area contributed by atoms with Crippen molar-refractivity contribution in [3.8, 4) is 17.2 Å². The van der Waals surface area contributed by atoms with E-state index in [1.807, 2.05) is 0 Å².